The molecule has 2 rings (SSSR count). The molecule has 0 amide bonds. The first-order valence-electron chi connectivity index (χ1n) is 7.19. The fourth-order valence-corrected chi connectivity index (χ4v) is 3.01. The highest BCUT2D eigenvalue weighted by Gasteiger charge is 2.27. The van der Waals surface area contributed by atoms with Gasteiger partial charge in [-0.15, -0.1) is 0 Å². The van der Waals surface area contributed by atoms with Crippen molar-refractivity contribution in [3.8, 4) is 0 Å². The summed E-state index contributed by atoms with van der Waals surface area (Å²) in [5.41, 5.74) is 5.84. The van der Waals surface area contributed by atoms with Gasteiger partial charge < -0.3 is 10.6 Å². The maximum absolute atomic E-state index is 13.9. The lowest BCUT2D eigenvalue weighted by Gasteiger charge is -2.32. The summed E-state index contributed by atoms with van der Waals surface area (Å²) in [5, 5.41) is 0. The lowest BCUT2D eigenvalue weighted by Crippen LogP contribution is -2.40. The molecule has 3 nitrogen and oxygen atoms in total. The molecule has 1 aliphatic rings. The summed E-state index contributed by atoms with van der Waals surface area (Å²) in [6.45, 7) is 1.91. The Labute approximate surface area is 123 Å². The fraction of sp³-hybridized carbons (Fsp3) is 0.600. The average molecular weight is 301 g/mol. The molecule has 2 N–H and O–H groups in total. The highest BCUT2D eigenvalue weighted by Crippen LogP contribution is 2.26. The Morgan fingerprint density at radius 3 is 2.52 bits per heavy atom. The summed E-state index contributed by atoms with van der Waals surface area (Å²) in [4.78, 5) is 4.17. The summed E-state index contributed by atoms with van der Waals surface area (Å²) in [6.07, 6.45) is 2.22. The van der Waals surface area contributed by atoms with Crippen LogP contribution < -0.4 is 5.73 Å². The van der Waals surface area contributed by atoms with E-state index in [2.05, 4.69) is 11.9 Å². The van der Waals surface area contributed by atoms with Crippen LogP contribution in [0.15, 0.2) is 12.1 Å². The molecule has 6 heteroatoms. The molecule has 1 fully saturated rings. The van der Waals surface area contributed by atoms with Crippen LogP contribution in [-0.4, -0.2) is 49.6 Å². The van der Waals surface area contributed by atoms with Crippen molar-refractivity contribution in [3.05, 3.63) is 35.1 Å². The minimum Gasteiger partial charge on any atom is -0.329 e. The van der Waals surface area contributed by atoms with Crippen LogP contribution in [-0.2, 0) is 0 Å². The predicted molar refractivity (Wildman–Crippen MR) is 76.4 cm³/mol. The zero-order valence-electron chi connectivity index (χ0n) is 12.5. The van der Waals surface area contributed by atoms with Crippen molar-refractivity contribution in [2.75, 3.05) is 33.7 Å². The molecule has 2 unspecified atom stereocenters. The monoisotopic (exact) mass is 301 g/mol. The van der Waals surface area contributed by atoms with Gasteiger partial charge in [-0.1, -0.05) is 0 Å². The lowest BCUT2D eigenvalue weighted by molar-refractivity contribution is 0.177. The molecule has 0 radical (unpaired) electrons. The molecular weight excluding hydrogens is 279 g/mol. The second-order valence-corrected chi connectivity index (χ2v) is 5.76. The van der Waals surface area contributed by atoms with E-state index in [0.29, 0.717) is 12.1 Å². The van der Waals surface area contributed by atoms with E-state index >= 15 is 0 Å². The van der Waals surface area contributed by atoms with Gasteiger partial charge in [0.05, 0.1) is 0 Å². The standard InChI is InChI=1S/C15H22F3N3/c1-20-5-3-4-10(20)9-21(2)15(8-19)11-6-13(17)14(18)7-12(11)16/h6-7,10,15H,3-5,8-9,19H2,1-2H3. The first-order chi connectivity index (χ1) is 9.93. The van der Waals surface area contributed by atoms with Gasteiger partial charge >= 0.3 is 0 Å². The van der Waals surface area contributed by atoms with Gasteiger partial charge in [-0.05, 0) is 39.5 Å². The number of halogens is 3. The van der Waals surface area contributed by atoms with Crippen molar-refractivity contribution >= 4 is 0 Å². The molecule has 0 aromatic heterocycles. The molecule has 1 heterocycles. The number of likely N-dealkylation sites (N-methyl/N-ethyl adjacent to an activating group) is 2. The summed E-state index contributed by atoms with van der Waals surface area (Å²) >= 11 is 0. The summed E-state index contributed by atoms with van der Waals surface area (Å²) in [6, 6.07) is 1.42. The van der Waals surface area contributed by atoms with Crippen molar-refractivity contribution in [3.63, 3.8) is 0 Å². The van der Waals surface area contributed by atoms with Gasteiger partial charge in [-0.2, -0.15) is 0 Å². The molecule has 0 saturated carbocycles. The number of likely N-dealkylation sites (tertiary alicyclic amines) is 1. The predicted octanol–water partition coefficient (Wildman–Crippen LogP) is 2.13. The van der Waals surface area contributed by atoms with E-state index in [0.717, 1.165) is 32.0 Å². The Morgan fingerprint density at radius 1 is 1.29 bits per heavy atom. The lowest BCUT2D eigenvalue weighted by atomic mass is 10.0. The van der Waals surface area contributed by atoms with E-state index in [1.54, 1.807) is 0 Å². The zero-order chi connectivity index (χ0) is 15.6. The van der Waals surface area contributed by atoms with Crippen molar-refractivity contribution in [1.29, 1.82) is 0 Å². The Hall–Kier alpha value is -1.11. The molecule has 0 bridgehead atoms. The molecule has 1 aromatic rings. The number of rotatable bonds is 5. The van der Waals surface area contributed by atoms with Gasteiger partial charge in [0.1, 0.15) is 5.82 Å². The topological polar surface area (TPSA) is 32.5 Å². The third-order valence-corrected chi connectivity index (χ3v) is 4.32. The maximum atomic E-state index is 13.9. The van der Waals surface area contributed by atoms with Crippen molar-refractivity contribution in [1.82, 2.24) is 9.80 Å². The van der Waals surface area contributed by atoms with Crippen LogP contribution in [0.25, 0.3) is 0 Å². The second kappa shape index (κ2) is 6.77. The minimum atomic E-state index is -1.18. The van der Waals surface area contributed by atoms with Gasteiger partial charge in [-0.25, -0.2) is 13.2 Å². The molecular formula is C15H22F3N3. The van der Waals surface area contributed by atoms with Crippen LogP contribution in [0.2, 0.25) is 0 Å². The normalized spacial score (nSPS) is 21.2. The van der Waals surface area contributed by atoms with E-state index < -0.39 is 23.5 Å². The average Bonchev–Trinajstić information content (AvgIpc) is 2.82. The van der Waals surface area contributed by atoms with E-state index in [1.807, 2.05) is 11.9 Å². The molecule has 0 spiro atoms. The maximum Gasteiger partial charge on any atom is 0.161 e. The third-order valence-electron chi connectivity index (χ3n) is 4.32. The molecule has 1 aromatic carbocycles. The van der Waals surface area contributed by atoms with E-state index in [1.165, 1.54) is 0 Å². The van der Waals surface area contributed by atoms with Gasteiger partial charge in [0, 0.05) is 36.8 Å². The largest absolute Gasteiger partial charge is 0.329 e. The van der Waals surface area contributed by atoms with Gasteiger partial charge in [0.15, 0.2) is 11.6 Å². The van der Waals surface area contributed by atoms with Crippen molar-refractivity contribution in [2.45, 2.75) is 24.9 Å². The van der Waals surface area contributed by atoms with Crippen LogP contribution in [0.4, 0.5) is 13.2 Å². The minimum absolute atomic E-state index is 0.111. The summed E-state index contributed by atoms with van der Waals surface area (Å²) < 4.78 is 40.3. The number of nitrogens with two attached hydrogens (primary N) is 1. The van der Waals surface area contributed by atoms with Gasteiger partial charge in [-0.3, -0.25) is 4.90 Å². The summed E-state index contributed by atoms with van der Waals surface area (Å²) in [5.74, 6) is -2.97. The Kier molecular flexibility index (Phi) is 5.24. The van der Waals surface area contributed by atoms with Gasteiger partial charge in [0.2, 0.25) is 0 Å². The number of nitrogens with zero attached hydrogens (tertiary/aromatic N) is 2. The number of hydrogen-bond donors (Lipinski definition) is 1. The Bertz CT molecular complexity index is 495. The van der Waals surface area contributed by atoms with Crippen LogP contribution in [0.1, 0.15) is 24.4 Å². The Morgan fingerprint density at radius 2 is 1.95 bits per heavy atom. The second-order valence-electron chi connectivity index (χ2n) is 5.76. The molecule has 2 atom stereocenters. The van der Waals surface area contributed by atoms with Gasteiger partial charge in [0.25, 0.3) is 0 Å². The molecule has 21 heavy (non-hydrogen) atoms. The van der Waals surface area contributed by atoms with E-state index in [9.17, 15) is 13.2 Å². The Balaban J connectivity index is 2.16. The molecule has 0 aliphatic carbocycles. The highest BCUT2D eigenvalue weighted by atomic mass is 19.2. The van der Waals surface area contributed by atoms with Crippen LogP contribution >= 0.6 is 0 Å². The number of hydrogen-bond acceptors (Lipinski definition) is 3. The number of benzene rings is 1. The fourth-order valence-electron chi connectivity index (χ4n) is 3.01. The van der Waals surface area contributed by atoms with Crippen LogP contribution in [0, 0.1) is 17.5 Å². The SMILES string of the molecule is CN1CCCC1CN(C)C(CN)c1cc(F)c(F)cc1F. The van der Waals surface area contributed by atoms with Crippen LogP contribution in [0.5, 0.6) is 0 Å². The highest BCUT2D eigenvalue weighted by molar-refractivity contribution is 5.24. The van der Waals surface area contributed by atoms with E-state index in [-0.39, 0.29) is 12.1 Å². The first-order valence-corrected chi connectivity index (χ1v) is 7.19. The third kappa shape index (κ3) is 3.56. The molecule has 118 valence electrons. The molecule has 1 aliphatic heterocycles. The van der Waals surface area contributed by atoms with Crippen molar-refractivity contribution in [2.24, 2.45) is 5.73 Å². The van der Waals surface area contributed by atoms with Crippen molar-refractivity contribution < 1.29 is 13.2 Å². The molecule has 1 saturated heterocycles. The van der Waals surface area contributed by atoms with Crippen LogP contribution in [0.3, 0.4) is 0 Å². The smallest absolute Gasteiger partial charge is 0.161 e. The summed E-state index contributed by atoms with van der Waals surface area (Å²) in [7, 11) is 3.89. The quantitative estimate of drug-likeness (QED) is 0.846. The first kappa shape index (κ1) is 16.3. The van der Waals surface area contributed by atoms with E-state index in [4.69, 9.17) is 5.73 Å². The zero-order valence-corrected chi connectivity index (χ0v) is 12.5.